The molecule has 21 heavy (non-hydrogen) atoms. The highest BCUT2D eigenvalue weighted by Gasteiger charge is 2.13. The molecule has 0 heterocycles. The number of carbonyl (C=O) groups excluding carboxylic acids is 2. The number of amides is 1. The van der Waals surface area contributed by atoms with Gasteiger partial charge in [-0.3, -0.25) is 9.59 Å². The van der Waals surface area contributed by atoms with Gasteiger partial charge in [-0.1, -0.05) is 42.5 Å². The van der Waals surface area contributed by atoms with Gasteiger partial charge in [-0.05, 0) is 12.1 Å². The Morgan fingerprint density at radius 1 is 1.00 bits per heavy atom. The van der Waals surface area contributed by atoms with Crippen molar-refractivity contribution in [2.24, 2.45) is 0 Å². The summed E-state index contributed by atoms with van der Waals surface area (Å²) in [4.78, 5) is 25.3. The van der Waals surface area contributed by atoms with Gasteiger partial charge in [0.15, 0.2) is 5.78 Å². The van der Waals surface area contributed by atoms with Crippen molar-refractivity contribution >= 4 is 17.4 Å². The topological polar surface area (TPSA) is 49.4 Å². The number of ketones is 1. The van der Waals surface area contributed by atoms with Crippen LogP contribution in [0.15, 0.2) is 54.6 Å². The second-order valence-electron chi connectivity index (χ2n) is 4.79. The van der Waals surface area contributed by atoms with E-state index in [2.05, 4.69) is 5.32 Å². The minimum Gasteiger partial charge on any atom is -0.367 e. The standard InChI is InChI=1S/C17H18N2O2/c1-13(20)19(2)12-18-16-11-7-6-10-15(16)17(21)14-8-4-3-5-9-14/h3-11,18H,12H2,1-2H3. The van der Waals surface area contributed by atoms with Crippen LogP contribution in [0, 0.1) is 0 Å². The maximum Gasteiger partial charge on any atom is 0.220 e. The number of nitrogens with one attached hydrogen (secondary N) is 1. The molecule has 0 unspecified atom stereocenters. The summed E-state index contributed by atoms with van der Waals surface area (Å²) in [5, 5.41) is 3.13. The van der Waals surface area contributed by atoms with E-state index in [1.165, 1.54) is 6.92 Å². The third kappa shape index (κ3) is 3.69. The number of hydrogen-bond donors (Lipinski definition) is 1. The molecule has 4 nitrogen and oxygen atoms in total. The summed E-state index contributed by atoms with van der Waals surface area (Å²) in [6.07, 6.45) is 0. The highest BCUT2D eigenvalue weighted by molar-refractivity contribution is 6.12. The number of anilines is 1. The van der Waals surface area contributed by atoms with Gasteiger partial charge >= 0.3 is 0 Å². The molecule has 0 radical (unpaired) electrons. The normalized spacial score (nSPS) is 10.0. The van der Waals surface area contributed by atoms with Crippen molar-refractivity contribution < 1.29 is 9.59 Å². The zero-order valence-electron chi connectivity index (χ0n) is 12.2. The highest BCUT2D eigenvalue weighted by Crippen LogP contribution is 2.19. The van der Waals surface area contributed by atoms with E-state index in [9.17, 15) is 9.59 Å². The second kappa shape index (κ2) is 6.70. The van der Waals surface area contributed by atoms with Gasteiger partial charge in [-0.25, -0.2) is 0 Å². The minimum atomic E-state index is -0.0378. The Kier molecular flexibility index (Phi) is 4.72. The first kappa shape index (κ1) is 14.8. The molecule has 0 aromatic heterocycles. The van der Waals surface area contributed by atoms with E-state index < -0.39 is 0 Å². The smallest absolute Gasteiger partial charge is 0.220 e. The zero-order chi connectivity index (χ0) is 15.2. The van der Waals surface area contributed by atoms with Crippen molar-refractivity contribution in [3.05, 3.63) is 65.7 Å². The number of nitrogens with zero attached hydrogens (tertiary/aromatic N) is 1. The van der Waals surface area contributed by atoms with Gasteiger partial charge in [-0.15, -0.1) is 0 Å². The lowest BCUT2D eigenvalue weighted by molar-refractivity contribution is -0.127. The van der Waals surface area contributed by atoms with Gasteiger partial charge in [0.1, 0.15) is 0 Å². The summed E-state index contributed by atoms with van der Waals surface area (Å²) >= 11 is 0. The quantitative estimate of drug-likeness (QED) is 0.677. The fraction of sp³-hybridized carbons (Fsp3) is 0.176. The largest absolute Gasteiger partial charge is 0.367 e. The van der Waals surface area contributed by atoms with Crippen LogP contribution >= 0.6 is 0 Å². The molecular weight excluding hydrogens is 264 g/mol. The molecule has 4 heteroatoms. The molecule has 2 aromatic carbocycles. The molecule has 0 atom stereocenters. The van der Waals surface area contributed by atoms with E-state index in [1.54, 1.807) is 30.1 Å². The summed E-state index contributed by atoms with van der Waals surface area (Å²) in [6.45, 7) is 1.86. The van der Waals surface area contributed by atoms with Gasteiger partial charge < -0.3 is 10.2 Å². The molecule has 0 saturated carbocycles. The van der Waals surface area contributed by atoms with Crippen molar-refractivity contribution in [2.75, 3.05) is 19.0 Å². The van der Waals surface area contributed by atoms with Crippen molar-refractivity contribution in [3.63, 3.8) is 0 Å². The Balaban J connectivity index is 2.21. The van der Waals surface area contributed by atoms with Crippen molar-refractivity contribution in [3.8, 4) is 0 Å². The van der Waals surface area contributed by atoms with E-state index in [1.807, 2.05) is 36.4 Å². The number of benzene rings is 2. The molecule has 0 aliphatic rings. The predicted octanol–water partition coefficient (Wildman–Crippen LogP) is 2.77. The maximum absolute atomic E-state index is 12.5. The van der Waals surface area contributed by atoms with Crippen molar-refractivity contribution in [1.29, 1.82) is 0 Å². The van der Waals surface area contributed by atoms with E-state index in [0.29, 0.717) is 17.8 Å². The summed E-state index contributed by atoms with van der Waals surface area (Å²) in [5.41, 5.74) is 1.96. The Bertz CT molecular complexity index is 638. The molecule has 0 aliphatic carbocycles. The third-order valence-corrected chi connectivity index (χ3v) is 3.25. The number of rotatable bonds is 5. The van der Waals surface area contributed by atoms with E-state index in [4.69, 9.17) is 0 Å². The van der Waals surface area contributed by atoms with E-state index in [0.717, 1.165) is 5.69 Å². The second-order valence-corrected chi connectivity index (χ2v) is 4.79. The fourth-order valence-electron chi connectivity index (χ4n) is 1.90. The Hall–Kier alpha value is -2.62. The fourth-order valence-corrected chi connectivity index (χ4v) is 1.90. The van der Waals surface area contributed by atoms with Gasteiger partial charge in [0, 0.05) is 30.8 Å². The van der Waals surface area contributed by atoms with Crippen LogP contribution in [0.3, 0.4) is 0 Å². The molecule has 0 fully saturated rings. The zero-order valence-corrected chi connectivity index (χ0v) is 12.2. The molecule has 2 rings (SSSR count). The SMILES string of the molecule is CC(=O)N(C)CNc1ccccc1C(=O)c1ccccc1. The first-order chi connectivity index (χ1) is 10.1. The molecule has 0 spiro atoms. The van der Waals surface area contributed by atoms with Gasteiger partial charge in [0.25, 0.3) is 0 Å². The first-order valence-corrected chi connectivity index (χ1v) is 6.74. The van der Waals surface area contributed by atoms with Gasteiger partial charge in [0.2, 0.25) is 5.91 Å². The van der Waals surface area contributed by atoms with Crippen LogP contribution < -0.4 is 5.32 Å². The molecule has 0 bridgehead atoms. The van der Waals surface area contributed by atoms with Crippen LogP contribution in [0.5, 0.6) is 0 Å². The van der Waals surface area contributed by atoms with Crippen LogP contribution in [0.25, 0.3) is 0 Å². The monoisotopic (exact) mass is 282 g/mol. The van der Waals surface area contributed by atoms with Crippen LogP contribution in [0.1, 0.15) is 22.8 Å². The third-order valence-electron chi connectivity index (χ3n) is 3.25. The Morgan fingerprint density at radius 2 is 1.62 bits per heavy atom. The van der Waals surface area contributed by atoms with Crippen LogP contribution in [0.4, 0.5) is 5.69 Å². The number of hydrogen-bond acceptors (Lipinski definition) is 3. The summed E-state index contributed by atoms with van der Waals surface area (Å²) in [5.74, 6) is -0.0708. The summed E-state index contributed by atoms with van der Waals surface area (Å²) in [7, 11) is 1.71. The highest BCUT2D eigenvalue weighted by atomic mass is 16.2. The Labute approximate surface area is 124 Å². The van der Waals surface area contributed by atoms with Gasteiger partial charge in [-0.2, -0.15) is 0 Å². The number of carbonyl (C=O) groups is 2. The lowest BCUT2D eigenvalue weighted by Crippen LogP contribution is -2.29. The molecule has 108 valence electrons. The molecule has 1 amide bonds. The minimum absolute atomic E-state index is 0.0330. The van der Waals surface area contributed by atoms with Crippen molar-refractivity contribution in [1.82, 2.24) is 4.90 Å². The predicted molar refractivity (Wildman–Crippen MR) is 83.3 cm³/mol. The molecular formula is C17H18N2O2. The van der Waals surface area contributed by atoms with Crippen LogP contribution in [0.2, 0.25) is 0 Å². The average molecular weight is 282 g/mol. The van der Waals surface area contributed by atoms with Crippen LogP contribution in [-0.2, 0) is 4.79 Å². The lowest BCUT2D eigenvalue weighted by Gasteiger charge is -2.18. The maximum atomic E-state index is 12.5. The summed E-state index contributed by atoms with van der Waals surface area (Å²) in [6, 6.07) is 16.5. The van der Waals surface area contributed by atoms with Crippen molar-refractivity contribution in [2.45, 2.75) is 6.92 Å². The number of para-hydroxylation sites is 1. The molecule has 0 saturated heterocycles. The average Bonchev–Trinajstić information content (AvgIpc) is 2.53. The molecule has 1 N–H and O–H groups in total. The van der Waals surface area contributed by atoms with Crippen LogP contribution in [-0.4, -0.2) is 30.3 Å². The van der Waals surface area contributed by atoms with Gasteiger partial charge in [0.05, 0.1) is 6.67 Å². The Morgan fingerprint density at radius 3 is 2.29 bits per heavy atom. The first-order valence-electron chi connectivity index (χ1n) is 6.74. The summed E-state index contributed by atoms with van der Waals surface area (Å²) < 4.78 is 0. The lowest BCUT2D eigenvalue weighted by atomic mass is 10.0. The molecule has 2 aromatic rings. The molecule has 0 aliphatic heterocycles. The van der Waals surface area contributed by atoms with E-state index in [-0.39, 0.29) is 11.7 Å². The van der Waals surface area contributed by atoms with E-state index >= 15 is 0 Å².